The molecule has 19 heavy (non-hydrogen) atoms. The van der Waals surface area contributed by atoms with Gasteiger partial charge in [-0.25, -0.2) is 4.79 Å². The minimum atomic E-state index is -1.04. The van der Waals surface area contributed by atoms with E-state index in [1.807, 2.05) is 11.5 Å². The predicted molar refractivity (Wildman–Crippen MR) is 71.4 cm³/mol. The maximum atomic E-state index is 10.8. The molecule has 1 aromatic heterocycles. The molecule has 0 amide bonds. The minimum absolute atomic E-state index is 0.0870. The van der Waals surface area contributed by atoms with Gasteiger partial charge in [0.2, 0.25) is 0 Å². The number of nitrogens with zero attached hydrogens (tertiary/aromatic N) is 3. The number of aryl methyl sites for hydroxylation is 1. The van der Waals surface area contributed by atoms with E-state index in [9.17, 15) is 4.79 Å². The molecule has 2 aromatic rings. The number of aromatic nitrogens is 3. The molecule has 6 nitrogen and oxygen atoms in total. The van der Waals surface area contributed by atoms with Crippen molar-refractivity contribution in [3.8, 4) is 0 Å². The third-order valence-corrected chi connectivity index (χ3v) is 3.00. The third-order valence-electron chi connectivity index (χ3n) is 2.69. The van der Waals surface area contributed by atoms with E-state index in [4.69, 9.17) is 16.7 Å². The molecular weight excluding hydrogens is 268 g/mol. The summed E-state index contributed by atoms with van der Waals surface area (Å²) in [6.45, 7) is 3.30. The first-order chi connectivity index (χ1) is 9.11. The van der Waals surface area contributed by atoms with E-state index < -0.39 is 5.97 Å². The minimum Gasteiger partial charge on any atom is -0.478 e. The molecule has 100 valence electrons. The van der Waals surface area contributed by atoms with Gasteiger partial charge in [0, 0.05) is 12.2 Å². The van der Waals surface area contributed by atoms with Gasteiger partial charge in [0.05, 0.1) is 17.1 Å². The molecule has 0 fully saturated rings. The summed E-state index contributed by atoms with van der Waals surface area (Å²) in [6.07, 6.45) is 1.66. The van der Waals surface area contributed by atoms with Crippen molar-refractivity contribution in [1.29, 1.82) is 0 Å². The number of aromatic carboxylic acids is 1. The average molecular weight is 281 g/mol. The van der Waals surface area contributed by atoms with Gasteiger partial charge < -0.3 is 15.0 Å². The number of hydrogen-bond donors (Lipinski definition) is 2. The number of hydrogen-bond acceptors (Lipinski definition) is 4. The highest BCUT2D eigenvalue weighted by Gasteiger charge is 2.09. The molecule has 0 aliphatic rings. The number of carbonyl (C=O) groups is 1. The van der Waals surface area contributed by atoms with Crippen molar-refractivity contribution in [2.75, 3.05) is 5.32 Å². The van der Waals surface area contributed by atoms with Crippen molar-refractivity contribution < 1.29 is 9.90 Å². The Morgan fingerprint density at radius 2 is 2.32 bits per heavy atom. The summed E-state index contributed by atoms with van der Waals surface area (Å²) in [5.74, 6) is -0.233. The van der Waals surface area contributed by atoms with E-state index in [1.54, 1.807) is 18.5 Å². The summed E-state index contributed by atoms with van der Waals surface area (Å²) < 4.78 is 1.92. The number of rotatable bonds is 5. The van der Waals surface area contributed by atoms with Crippen molar-refractivity contribution in [2.24, 2.45) is 0 Å². The van der Waals surface area contributed by atoms with Crippen molar-refractivity contribution in [3.63, 3.8) is 0 Å². The highest BCUT2D eigenvalue weighted by molar-refractivity contribution is 6.33. The Hall–Kier alpha value is -2.08. The first kappa shape index (κ1) is 13.4. The molecule has 0 unspecified atom stereocenters. The topological polar surface area (TPSA) is 80.0 Å². The third kappa shape index (κ3) is 3.03. The van der Waals surface area contributed by atoms with Crippen LogP contribution in [0, 0.1) is 0 Å². The highest BCUT2D eigenvalue weighted by Crippen LogP contribution is 2.21. The van der Waals surface area contributed by atoms with Gasteiger partial charge in [0.25, 0.3) is 0 Å². The van der Waals surface area contributed by atoms with Gasteiger partial charge in [0.1, 0.15) is 6.33 Å². The van der Waals surface area contributed by atoms with E-state index in [2.05, 4.69) is 15.5 Å². The molecule has 0 aliphatic carbocycles. The largest absolute Gasteiger partial charge is 0.478 e. The number of carboxylic acids is 1. The van der Waals surface area contributed by atoms with Crippen molar-refractivity contribution in [2.45, 2.75) is 20.0 Å². The molecular formula is C12H13ClN4O2. The van der Waals surface area contributed by atoms with Gasteiger partial charge in [0.15, 0.2) is 5.82 Å². The van der Waals surface area contributed by atoms with Gasteiger partial charge >= 0.3 is 5.97 Å². The number of halogens is 1. The first-order valence-corrected chi connectivity index (χ1v) is 6.13. The van der Waals surface area contributed by atoms with Crippen molar-refractivity contribution in [3.05, 3.63) is 40.9 Å². The second-order valence-electron chi connectivity index (χ2n) is 3.89. The fourth-order valence-electron chi connectivity index (χ4n) is 1.66. The lowest BCUT2D eigenvalue weighted by atomic mass is 10.2. The van der Waals surface area contributed by atoms with Crippen LogP contribution in [0.3, 0.4) is 0 Å². The molecule has 0 atom stereocenters. The number of nitrogens with one attached hydrogen (secondary N) is 1. The number of benzene rings is 1. The van der Waals surface area contributed by atoms with Crippen LogP contribution in [0.2, 0.25) is 5.02 Å². The van der Waals surface area contributed by atoms with Crippen LogP contribution in [-0.2, 0) is 13.1 Å². The summed E-state index contributed by atoms with van der Waals surface area (Å²) in [5.41, 5.74) is 0.824. The molecule has 1 heterocycles. The van der Waals surface area contributed by atoms with Crippen LogP contribution in [0.5, 0.6) is 0 Å². The van der Waals surface area contributed by atoms with Crippen LogP contribution in [-0.4, -0.2) is 25.8 Å². The van der Waals surface area contributed by atoms with Gasteiger partial charge in [-0.3, -0.25) is 0 Å². The lowest BCUT2D eigenvalue weighted by molar-refractivity contribution is 0.0697. The van der Waals surface area contributed by atoms with Crippen molar-refractivity contribution >= 4 is 23.3 Å². The molecule has 1 aromatic carbocycles. The van der Waals surface area contributed by atoms with Crippen LogP contribution in [0.1, 0.15) is 23.1 Å². The lowest BCUT2D eigenvalue weighted by Crippen LogP contribution is -2.08. The molecule has 0 aliphatic heterocycles. The fraction of sp³-hybridized carbons (Fsp3) is 0.250. The quantitative estimate of drug-likeness (QED) is 0.878. The molecule has 0 spiro atoms. The molecule has 0 radical (unpaired) electrons. The van der Waals surface area contributed by atoms with E-state index >= 15 is 0 Å². The lowest BCUT2D eigenvalue weighted by Gasteiger charge is -2.08. The molecule has 2 rings (SSSR count). The zero-order valence-corrected chi connectivity index (χ0v) is 11.1. The normalized spacial score (nSPS) is 10.4. The molecule has 7 heteroatoms. The fourth-order valence-corrected chi connectivity index (χ4v) is 1.92. The maximum Gasteiger partial charge on any atom is 0.337 e. The molecule has 0 saturated carbocycles. The van der Waals surface area contributed by atoms with Gasteiger partial charge in [-0.2, -0.15) is 0 Å². The Labute approximate surface area is 115 Å². The SMILES string of the molecule is CCn1cnnc1CNc1ccc(C(=O)O)c(Cl)c1. The highest BCUT2D eigenvalue weighted by atomic mass is 35.5. The monoisotopic (exact) mass is 280 g/mol. The predicted octanol–water partition coefficient (Wildman–Crippen LogP) is 2.26. The summed E-state index contributed by atoms with van der Waals surface area (Å²) >= 11 is 5.89. The standard InChI is InChI=1S/C12H13ClN4O2/c1-2-17-7-15-16-11(17)6-14-8-3-4-9(12(18)19)10(13)5-8/h3-5,7,14H,2,6H2,1H3,(H,18,19). The summed E-state index contributed by atoms with van der Waals surface area (Å²) in [4.78, 5) is 10.8. The molecule has 0 saturated heterocycles. The van der Waals surface area contributed by atoms with Crippen molar-refractivity contribution in [1.82, 2.24) is 14.8 Å². The number of anilines is 1. The van der Waals surface area contributed by atoms with Gasteiger partial charge in [-0.1, -0.05) is 11.6 Å². The van der Waals surface area contributed by atoms with Gasteiger partial charge in [-0.15, -0.1) is 10.2 Å². The molecule has 0 bridgehead atoms. The van der Waals surface area contributed by atoms with E-state index in [0.717, 1.165) is 18.1 Å². The second kappa shape index (κ2) is 5.71. The van der Waals surface area contributed by atoms with E-state index in [1.165, 1.54) is 6.07 Å². The van der Waals surface area contributed by atoms with Crippen LogP contribution in [0.15, 0.2) is 24.5 Å². The Morgan fingerprint density at radius 3 is 2.95 bits per heavy atom. The van der Waals surface area contributed by atoms with Crippen LogP contribution >= 0.6 is 11.6 Å². The zero-order valence-electron chi connectivity index (χ0n) is 10.3. The molecule has 2 N–H and O–H groups in total. The van der Waals surface area contributed by atoms with Crippen LogP contribution in [0.4, 0.5) is 5.69 Å². The average Bonchev–Trinajstić information content (AvgIpc) is 2.83. The Bertz CT molecular complexity index is 597. The smallest absolute Gasteiger partial charge is 0.337 e. The summed E-state index contributed by atoms with van der Waals surface area (Å²) in [5, 5.41) is 20.0. The van der Waals surface area contributed by atoms with Crippen LogP contribution < -0.4 is 5.32 Å². The number of carboxylic acid groups (broad SMARTS) is 1. The Balaban J connectivity index is 2.08. The first-order valence-electron chi connectivity index (χ1n) is 5.75. The Kier molecular flexibility index (Phi) is 4.01. The van der Waals surface area contributed by atoms with E-state index in [-0.39, 0.29) is 10.6 Å². The van der Waals surface area contributed by atoms with E-state index in [0.29, 0.717) is 6.54 Å². The van der Waals surface area contributed by atoms with Gasteiger partial charge in [-0.05, 0) is 25.1 Å². The maximum absolute atomic E-state index is 10.8. The zero-order chi connectivity index (χ0) is 13.8. The summed E-state index contributed by atoms with van der Waals surface area (Å²) in [7, 11) is 0. The second-order valence-corrected chi connectivity index (χ2v) is 4.29. The van der Waals surface area contributed by atoms with Crippen LogP contribution in [0.25, 0.3) is 0 Å². The summed E-state index contributed by atoms with van der Waals surface area (Å²) in [6, 6.07) is 4.72. The Morgan fingerprint density at radius 1 is 1.53 bits per heavy atom.